The van der Waals surface area contributed by atoms with Gasteiger partial charge in [0.25, 0.3) is 0 Å². The molecule has 2 unspecified atom stereocenters. The van der Waals surface area contributed by atoms with Gasteiger partial charge in [-0.3, -0.25) is 4.79 Å². The summed E-state index contributed by atoms with van der Waals surface area (Å²) >= 11 is 0. The van der Waals surface area contributed by atoms with Crippen LogP contribution in [-0.2, 0) is 16.0 Å². The predicted molar refractivity (Wildman–Crippen MR) is 69.1 cm³/mol. The van der Waals surface area contributed by atoms with Crippen molar-refractivity contribution in [3.05, 3.63) is 35.6 Å². The van der Waals surface area contributed by atoms with Crippen molar-refractivity contribution in [2.75, 3.05) is 7.05 Å². The number of hydrogen-bond acceptors (Lipinski definition) is 2. The molecular formula is C14H18FNO3. The van der Waals surface area contributed by atoms with Crippen LogP contribution in [0.1, 0.15) is 19.4 Å². The summed E-state index contributed by atoms with van der Waals surface area (Å²) in [6.45, 7) is 3.16. The number of aliphatic carboxylic acids is 1. The zero-order valence-electron chi connectivity index (χ0n) is 11.3. The first-order valence-corrected chi connectivity index (χ1v) is 6.07. The number of hydrogen-bond donors (Lipinski definition) is 1. The van der Waals surface area contributed by atoms with Crippen LogP contribution in [0.2, 0.25) is 0 Å². The van der Waals surface area contributed by atoms with Gasteiger partial charge in [0.15, 0.2) is 0 Å². The summed E-state index contributed by atoms with van der Waals surface area (Å²) in [6.07, 6.45) is 0.382. The van der Waals surface area contributed by atoms with E-state index in [1.807, 2.05) is 0 Å². The molecule has 0 spiro atoms. The third-order valence-electron chi connectivity index (χ3n) is 3.14. The predicted octanol–water partition coefficient (Wildman–Crippen LogP) is 1.94. The van der Waals surface area contributed by atoms with Gasteiger partial charge in [-0.25, -0.2) is 9.18 Å². The molecule has 0 aliphatic carbocycles. The lowest BCUT2D eigenvalue weighted by atomic mass is 9.99. The maximum Gasteiger partial charge on any atom is 0.326 e. The number of carbonyl (C=O) groups is 2. The third-order valence-corrected chi connectivity index (χ3v) is 3.14. The number of amides is 1. The van der Waals surface area contributed by atoms with E-state index in [-0.39, 0.29) is 11.7 Å². The zero-order valence-corrected chi connectivity index (χ0v) is 11.3. The van der Waals surface area contributed by atoms with Gasteiger partial charge in [-0.05, 0) is 31.0 Å². The first-order valence-electron chi connectivity index (χ1n) is 6.07. The number of carboxylic acid groups (broad SMARTS) is 1. The molecule has 0 fully saturated rings. The summed E-state index contributed by atoms with van der Waals surface area (Å²) in [4.78, 5) is 24.1. The summed E-state index contributed by atoms with van der Waals surface area (Å²) in [6, 6.07) is 5.18. The van der Waals surface area contributed by atoms with Crippen molar-refractivity contribution >= 4 is 11.9 Å². The van der Waals surface area contributed by atoms with Gasteiger partial charge in [0.1, 0.15) is 11.9 Å². The van der Waals surface area contributed by atoms with Crippen LogP contribution >= 0.6 is 0 Å². The van der Waals surface area contributed by atoms with Crippen molar-refractivity contribution in [3.63, 3.8) is 0 Å². The molecule has 1 aromatic carbocycles. The molecule has 0 aromatic heterocycles. The maximum absolute atomic E-state index is 13.0. The molecule has 0 aliphatic heterocycles. The summed E-state index contributed by atoms with van der Waals surface area (Å²) in [5, 5.41) is 8.87. The van der Waals surface area contributed by atoms with Crippen LogP contribution in [0.3, 0.4) is 0 Å². The van der Waals surface area contributed by atoms with Crippen molar-refractivity contribution in [3.8, 4) is 0 Å². The summed E-state index contributed by atoms with van der Waals surface area (Å²) in [7, 11) is 1.46. The van der Waals surface area contributed by atoms with Crippen LogP contribution < -0.4 is 0 Å². The number of halogens is 1. The Hall–Kier alpha value is -1.91. The highest BCUT2D eigenvalue weighted by Gasteiger charge is 2.25. The highest BCUT2D eigenvalue weighted by molar-refractivity contribution is 5.84. The Kier molecular flexibility index (Phi) is 5.03. The van der Waals surface area contributed by atoms with Crippen molar-refractivity contribution in [2.45, 2.75) is 26.3 Å². The van der Waals surface area contributed by atoms with Crippen molar-refractivity contribution in [1.82, 2.24) is 4.90 Å². The fourth-order valence-electron chi connectivity index (χ4n) is 1.81. The van der Waals surface area contributed by atoms with E-state index in [2.05, 4.69) is 0 Å². The lowest BCUT2D eigenvalue weighted by Crippen LogP contribution is -2.43. The van der Waals surface area contributed by atoms with E-state index in [0.29, 0.717) is 6.42 Å². The van der Waals surface area contributed by atoms with Crippen LogP contribution in [0.4, 0.5) is 4.39 Å². The standard InChI is InChI=1S/C14H18FNO3/c1-9(7-11-5-4-6-12(15)8-11)13(17)16(3)10(2)14(18)19/h4-6,8-10H,7H2,1-3H3,(H,18,19). The highest BCUT2D eigenvalue weighted by Crippen LogP contribution is 2.13. The minimum absolute atomic E-state index is 0.265. The minimum Gasteiger partial charge on any atom is -0.480 e. The van der Waals surface area contributed by atoms with Gasteiger partial charge in [-0.1, -0.05) is 19.1 Å². The molecule has 0 radical (unpaired) electrons. The second-order valence-corrected chi connectivity index (χ2v) is 4.70. The van der Waals surface area contributed by atoms with E-state index in [0.717, 1.165) is 5.56 Å². The van der Waals surface area contributed by atoms with E-state index < -0.39 is 17.9 Å². The Morgan fingerprint density at radius 2 is 2.00 bits per heavy atom. The Bertz CT molecular complexity index is 476. The molecule has 2 atom stereocenters. The summed E-state index contributed by atoms with van der Waals surface area (Å²) in [5.74, 6) is -2.05. The average Bonchev–Trinajstić information content (AvgIpc) is 2.35. The third kappa shape index (κ3) is 4.05. The number of benzene rings is 1. The average molecular weight is 267 g/mol. The smallest absolute Gasteiger partial charge is 0.326 e. The van der Waals surface area contributed by atoms with E-state index in [1.165, 1.54) is 31.0 Å². The van der Waals surface area contributed by atoms with Gasteiger partial charge >= 0.3 is 5.97 Å². The lowest BCUT2D eigenvalue weighted by molar-refractivity contribution is -0.149. The molecule has 104 valence electrons. The molecular weight excluding hydrogens is 249 g/mol. The zero-order chi connectivity index (χ0) is 14.6. The molecule has 1 N–H and O–H groups in total. The van der Waals surface area contributed by atoms with Crippen LogP contribution in [0.5, 0.6) is 0 Å². The molecule has 19 heavy (non-hydrogen) atoms. The number of carbonyl (C=O) groups excluding carboxylic acids is 1. The van der Waals surface area contributed by atoms with Gasteiger partial charge in [0, 0.05) is 13.0 Å². The number of rotatable bonds is 5. The van der Waals surface area contributed by atoms with Gasteiger partial charge in [0.05, 0.1) is 0 Å². The van der Waals surface area contributed by atoms with Gasteiger partial charge in [-0.15, -0.1) is 0 Å². The molecule has 1 amide bonds. The van der Waals surface area contributed by atoms with Crippen molar-refractivity contribution in [2.24, 2.45) is 5.92 Å². The van der Waals surface area contributed by atoms with E-state index in [9.17, 15) is 14.0 Å². The molecule has 0 aliphatic rings. The number of carboxylic acids is 1. The minimum atomic E-state index is -1.05. The van der Waals surface area contributed by atoms with Crippen molar-refractivity contribution in [1.29, 1.82) is 0 Å². The second kappa shape index (κ2) is 6.31. The second-order valence-electron chi connectivity index (χ2n) is 4.70. The highest BCUT2D eigenvalue weighted by atomic mass is 19.1. The normalized spacial score (nSPS) is 13.7. The molecule has 0 saturated heterocycles. The first kappa shape index (κ1) is 15.1. The maximum atomic E-state index is 13.0. The monoisotopic (exact) mass is 267 g/mol. The van der Waals surface area contributed by atoms with Gasteiger partial charge in [-0.2, -0.15) is 0 Å². The Morgan fingerprint density at radius 1 is 1.37 bits per heavy atom. The van der Waals surface area contributed by atoms with Crippen molar-refractivity contribution < 1.29 is 19.1 Å². The van der Waals surface area contributed by atoms with E-state index in [4.69, 9.17) is 5.11 Å². The van der Waals surface area contributed by atoms with E-state index in [1.54, 1.807) is 19.1 Å². The van der Waals surface area contributed by atoms with E-state index >= 15 is 0 Å². The topological polar surface area (TPSA) is 57.6 Å². The fourth-order valence-corrected chi connectivity index (χ4v) is 1.81. The molecule has 0 bridgehead atoms. The molecule has 0 heterocycles. The summed E-state index contributed by atoms with van der Waals surface area (Å²) in [5.41, 5.74) is 0.720. The van der Waals surface area contributed by atoms with Crippen LogP contribution in [0.15, 0.2) is 24.3 Å². The molecule has 0 saturated carbocycles. The number of nitrogens with zero attached hydrogens (tertiary/aromatic N) is 1. The SMILES string of the molecule is CC(Cc1cccc(F)c1)C(=O)N(C)C(C)C(=O)O. The Morgan fingerprint density at radius 3 is 2.53 bits per heavy atom. The van der Waals surface area contributed by atoms with Gasteiger partial charge < -0.3 is 10.0 Å². The molecule has 4 nitrogen and oxygen atoms in total. The Labute approximate surface area is 111 Å². The molecule has 1 rings (SSSR count). The van der Waals surface area contributed by atoms with Crippen LogP contribution in [0.25, 0.3) is 0 Å². The lowest BCUT2D eigenvalue weighted by Gasteiger charge is -2.24. The molecule has 1 aromatic rings. The fraction of sp³-hybridized carbons (Fsp3) is 0.429. The summed E-state index contributed by atoms with van der Waals surface area (Å²) < 4.78 is 13.0. The first-order chi connectivity index (χ1) is 8.82. The number of likely N-dealkylation sites (N-methyl/N-ethyl adjacent to an activating group) is 1. The largest absolute Gasteiger partial charge is 0.480 e. The van der Waals surface area contributed by atoms with Crippen LogP contribution in [0, 0.1) is 11.7 Å². The van der Waals surface area contributed by atoms with Gasteiger partial charge in [0.2, 0.25) is 5.91 Å². The molecule has 5 heteroatoms. The quantitative estimate of drug-likeness (QED) is 0.887. The van der Waals surface area contributed by atoms with Crippen LogP contribution in [-0.4, -0.2) is 35.0 Å². The Balaban J connectivity index is 2.70.